The average Bonchev–Trinajstić information content (AvgIpc) is 2.84. The molecule has 0 radical (unpaired) electrons. The number of nitrogens with one attached hydrogen (secondary N) is 1. The number of fused-ring (bicyclic) bond motifs is 1. The minimum atomic E-state index is -4.87. The summed E-state index contributed by atoms with van der Waals surface area (Å²) in [5.74, 6) is -2.76. The molecule has 1 fully saturated rings. The molecular formula is C34H53F3N2O4S. The Morgan fingerprint density at radius 1 is 1.09 bits per heavy atom. The fourth-order valence-corrected chi connectivity index (χ4v) is 9.33. The Hall–Kier alpha value is -1.99. The quantitative estimate of drug-likeness (QED) is 0.204. The molecule has 2 aliphatic rings. The van der Waals surface area contributed by atoms with E-state index in [1.807, 2.05) is 13.8 Å². The first-order valence-electron chi connectivity index (χ1n) is 15.8. The zero-order valence-electron chi connectivity index (χ0n) is 28.3. The van der Waals surface area contributed by atoms with E-state index in [1.54, 1.807) is 19.1 Å². The molecule has 0 aliphatic heterocycles. The number of Topliss-reactive ketones (excluding diaryl/α,β-unsaturated/α-hetero) is 1. The van der Waals surface area contributed by atoms with Crippen LogP contribution >= 0.6 is 0 Å². The van der Waals surface area contributed by atoms with E-state index in [-0.39, 0.29) is 40.8 Å². The van der Waals surface area contributed by atoms with Gasteiger partial charge in [0.25, 0.3) is 0 Å². The maximum Gasteiger partial charge on any atom is 0.404 e. The second kappa shape index (κ2) is 13.0. The molecule has 0 aromatic carbocycles. The fourth-order valence-electron chi connectivity index (χ4n) is 7.87. The van der Waals surface area contributed by atoms with Gasteiger partial charge in [-0.15, -0.1) is 0 Å². The van der Waals surface area contributed by atoms with Crippen LogP contribution in [0.5, 0.6) is 0 Å². The maximum absolute atomic E-state index is 13.2. The van der Waals surface area contributed by atoms with E-state index in [2.05, 4.69) is 52.3 Å². The Balaban J connectivity index is 2.55. The van der Waals surface area contributed by atoms with E-state index in [0.717, 1.165) is 18.4 Å². The molecule has 44 heavy (non-hydrogen) atoms. The Bertz CT molecular complexity index is 1320. The Morgan fingerprint density at radius 3 is 2.16 bits per heavy atom. The van der Waals surface area contributed by atoms with Crippen molar-refractivity contribution >= 4 is 21.6 Å². The smallest absolute Gasteiger partial charge is 0.295 e. The number of hydrogen-bond donors (Lipinski definition) is 1. The van der Waals surface area contributed by atoms with Crippen LogP contribution in [0.1, 0.15) is 121 Å². The van der Waals surface area contributed by atoms with Crippen LogP contribution in [0.2, 0.25) is 0 Å². The van der Waals surface area contributed by atoms with Gasteiger partial charge in [0, 0.05) is 16.9 Å². The predicted molar refractivity (Wildman–Crippen MR) is 168 cm³/mol. The molecule has 0 bridgehead atoms. The molecular weight excluding hydrogens is 589 g/mol. The molecule has 0 saturated heterocycles. The molecule has 0 aromatic heterocycles. The van der Waals surface area contributed by atoms with Gasteiger partial charge in [0.2, 0.25) is 10.0 Å². The van der Waals surface area contributed by atoms with Crippen molar-refractivity contribution < 1.29 is 31.2 Å². The number of ketones is 2. The summed E-state index contributed by atoms with van der Waals surface area (Å²) in [7, 11) is -4.66. The van der Waals surface area contributed by atoms with Crippen molar-refractivity contribution in [3.8, 4) is 6.07 Å². The molecule has 1 saturated carbocycles. The molecule has 0 unspecified atom stereocenters. The van der Waals surface area contributed by atoms with Crippen molar-refractivity contribution in [1.29, 1.82) is 5.26 Å². The third-order valence-corrected chi connectivity index (χ3v) is 12.4. The number of allylic oxidation sites excluding steroid dienone is 4. The van der Waals surface area contributed by atoms with Gasteiger partial charge in [-0.05, 0) is 87.0 Å². The summed E-state index contributed by atoms with van der Waals surface area (Å²) < 4.78 is 67.5. The fraction of sp³-hybridized carbons (Fsp3) is 0.794. The summed E-state index contributed by atoms with van der Waals surface area (Å²) in [5.41, 5.74) is -2.16. The van der Waals surface area contributed by atoms with E-state index in [9.17, 15) is 36.4 Å². The average molecular weight is 643 g/mol. The number of alkyl halides is 3. The lowest BCUT2D eigenvalue weighted by molar-refractivity contribution is -0.123. The lowest BCUT2D eigenvalue weighted by Gasteiger charge is -2.59. The topological polar surface area (TPSA) is 104 Å². The normalized spacial score (nSPS) is 29.0. The van der Waals surface area contributed by atoms with Gasteiger partial charge in [0.05, 0.1) is 5.57 Å². The highest BCUT2D eigenvalue weighted by molar-refractivity contribution is 7.89. The minimum absolute atomic E-state index is 0.0918. The van der Waals surface area contributed by atoms with Gasteiger partial charge in [-0.25, -0.2) is 13.1 Å². The number of carbonyl (C=O) groups is 2. The first-order chi connectivity index (χ1) is 19.8. The van der Waals surface area contributed by atoms with Crippen molar-refractivity contribution in [2.45, 2.75) is 132 Å². The van der Waals surface area contributed by atoms with Crippen molar-refractivity contribution in [1.82, 2.24) is 4.72 Å². The first kappa shape index (κ1) is 38.2. The second-order valence-electron chi connectivity index (χ2n) is 15.6. The second-order valence-corrected chi connectivity index (χ2v) is 17.3. The summed E-state index contributed by atoms with van der Waals surface area (Å²) in [6, 6.07) is 2.05. The van der Waals surface area contributed by atoms with Crippen LogP contribution in [0.4, 0.5) is 13.2 Å². The molecule has 250 valence electrons. The monoisotopic (exact) mass is 642 g/mol. The number of hydrogen-bond acceptors (Lipinski definition) is 5. The minimum Gasteiger partial charge on any atom is -0.295 e. The molecule has 2 rings (SSSR count). The molecule has 1 N–H and O–H groups in total. The third-order valence-electron chi connectivity index (χ3n) is 10.9. The van der Waals surface area contributed by atoms with E-state index in [0.29, 0.717) is 32.1 Å². The highest BCUT2D eigenvalue weighted by Crippen LogP contribution is 2.65. The highest BCUT2D eigenvalue weighted by atomic mass is 32.2. The van der Waals surface area contributed by atoms with Gasteiger partial charge in [-0.1, -0.05) is 73.5 Å². The van der Waals surface area contributed by atoms with Gasteiger partial charge in [0.1, 0.15) is 6.07 Å². The molecule has 2 aliphatic carbocycles. The Morgan fingerprint density at radius 2 is 1.66 bits per heavy atom. The highest BCUT2D eigenvalue weighted by Gasteiger charge is 2.58. The zero-order chi connectivity index (χ0) is 34.2. The Kier molecular flexibility index (Phi) is 11.3. The first-order valence-corrected chi connectivity index (χ1v) is 17.4. The molecule has 0 amide bonds. The zero-order valence-corrected chi connectivity index (χ0v) is 29.1. The van der Waals surface area contributed by atoms with Gasteiger partial charge < -0.3 is 0 Å². The van der Waals surface area contributed by atoms with Crippen molar-refractivity contribution in [3.05, 3.63) is 23.3 Å². The molecule has 0 aromatic rings. The molecule has 6 nitrogen and oxygen atoms in total. The summed E-state index contributed by atoms with van der Waals surface area (Å²) in [6.07, 6.45) is 3.44. The molecule has 5 atom stereocenters. The maximum atomic E-state index is 13.2. The number of nitriles is 1. The SMILES string of the molecule is CCCC(C)(C)CC[C@@](C)(CCC(C)(C)[C@]1(C)CC[C@H]2[C@H](C)C(=O)C(C#N)=C[C@]2(C)/C1=C/C(C)=O)NS(=O)(=O)CC(F)(F)F. The van der Waals surface area contributed by atoms with Crippen LogP contribution in [-0.4, -0.2) is 37.5 Å². The van der Waals surface area contributed by atoms with Gasteiger partial charge in [-0.3, -0.25) is 9.59 Å². The van der Waals surface area contributed by atoms with Crippen molar-refractivity contribution in [3.63, 3.8) is 0 Å². The van der Waals surface area contributed by atoms with E-state index in [1.165, 1.54) is 6.92 Å². The molecule has 0 heterocycles. The number of halogens is 3. The summed E-state index contributed by atoms with van der Waals surface area (Å²) in [6.45, 7) is 19.4. The summed E-state index contributed by atoms with van der Waals surface area (Å²) in [5, 5.41) is 9.77. The number of sulfonamides is 1. The molecule has 0 spiro atoms. The van der Waals surface area contributed by atoms with Gasteiger partial charge in [0.15, 0.2) is 17.3 Å². The van der Waals surface area contributed by atoms with Crippen LogP contribution in [0.3, 0.4) is 0 Å². The van der Waals surface area contributed by atoms with Crippen LogP contribution in [0.25, 0.3) is 0 Å². The summed E-state index contributed by atoms with van der Waals surface area (Å²) >= 11 is 0. The lowest BCUT2D eigenvalue weighted by Crippen LogP contribution is -2.54. The van der Waals surface area contributed by atoms with E-state index >= 15 is 0 Å². The van der Waals surface area contributed by atoms with Gasteiger partial charge >= 0.3 is 6.18 Å². The summed E-state index contributed by atoms with van der Waals surface area (Å²) in [4.78, 5) is 25.6. The third kappa shape index (κ3) is 8.63. The Labute approximate surface area is 263 Å². The van der Waals surface area contributed by atoms with Crippen molar-refractivity contribution in [2.75, 3.05) is 5.75 Å². The number of rotatable bonds is 13. The van der Waals surface area contributed by atoms with Gasteiger partial charge in [-0.2, -0.15) is 18.4 Å². The van der Waals surface area contributed by atoms with Crippen LogP contribution in [-0.2, 0) is 19.6 Å². The van der Waals surface area contributed by atoms with Crippen molar-refractivity contribution in [2.24, 2.45) is 33.5 Å². The number of nitrogens with zero attached hydrogens (tertiary/aromatic N) is 1. The van der Waals surface area contributed by atoms with Crippen LogP contribution in [0, 0.1) is 44.8 Å². The van der Waals surface area contributed by atoms with Crippen LogP contribution < -0.4 is 4.72 Å². The predicted octanol–water partition coefficient (Wildman–Crippen LogP) is 8.25. The number of carbonyl (C=O) groups excluding carboxylic acids is 2. The largest absolute Gasteiger partial charge is 0.404 e. The van der Waals surface area contributed by atoms with E-state index in [4.69, 9.17) is 0 Å². The van der Waals surface area contributed by atoms with E-state index < -0.39 is 43.7 Å². The lowest BCUT2D eigenvalue weighted by atomic mass is 9.44. The standard InChI is InChI=1S/C34H53F3N2O4S/c1-11-13-29(4,5)15-17-31(8,39-44(42,43)22-34(35,36)37)18-16-30(6,7)33(10)14-12-26-24(3)28(41)25(21-38)20-32(26,9)27(33)19-23(2)40/h19-20,24,26,39H,11-18,22H2,1-10H3/b27-19-/t24-,26-,31-,32-,33+/m0/s1. The van der Waals surface area contributed by atoms with Crippen LogP contribution in [0.15, 0.2) is 23.3 Å². The molecule has 10 heteroatoms.